The molecule has 0 bridgehead atoms. The fourth-order valence-corrected chi connectivity index (χ4v) is 1.74. The van der Waals surface area contributed by atoms with Crippen molar-refractivity contribution in [2.24, 2.45) is 10.7 Å². The highest BCUT2D eigenvalue weighted by Crippen LogP contribution is 2.13. The molecule has 116 valence electrons. The second-order valence-electron chi connectivity index (χ2n) is 4.48. The van der Waals surface area contributed by atoms with Crippen LogP contribution < -0.4 is 5.73 Å². The molecule has 0 heterocycles. The first-order chi connectivity index (χ1) is 11.0. The molecule has 0 unspecified atom stereocenters. The largest absolute Gasteiger partial charge is 0.383 e. The highest BCUT2D eigenvalue weighted by Gasteiger charge is 2.05. The van der Waals surface area contributed by atoms with Gasteiger partial charge in [0.05, 0.1) is 9.85 Å². The van der Waals surface area contributed by atoms with Crippen LogP contribution in [0.4, 0.5) is 11.4 Å². The summed E-state index contributed by atoms with van der Waals surface area (Å²) in [5.41, 5.74) is 7.07. The van der Waals surface area contributed by atoms with Gasteiger partial charge in [0, 0.05) is 36.0 Å². The lowest BCUT2D eigenvalue weighted by Crippen LogP contribution is -2.12. The number of non-ortho nitro benzene ring substituents is 2. The van der Waals surface area contributed by atoms with Gasteiger partial charge in [0.2, 0.25) is 0 Å². The number of nitro benzene ring substituents is 2. The molecule has 2 aromatic carbocycles. The van der Waals surface area contributed by atoms with Crippen molar-refractivity contribution in [2.75, 3.05) is 0 Å². The molecule has 23 heavy (non-hydrogen) atoms. The first kappa shape index (κ1) is 15.8. The Morgan fingerprint density at radius 3 is 1.87 bits per heavy atom. The van der Waals surface area contributed by atoms with Crippen LogP contribution in [0.5, 0.6) is 0 Å². The second kappa shape index (κ2) is 6.94. The Bertz CT molecular complexity index is 780. The molecule has 0 saturated carbocycles. The minimum Gasteiger partial charge on any atom is -0.383 e. The van der Waals surface area contributed by atoms with Crippen molar-refractivity contribution < 1.29 is 9.85 Å². The standard InChI is InChI=1S/C15H12N4O4/c16-15(12-3-7-14(8-4-12)19(22)23)17-10-9-11-1-5-13(6-2-11)18(20)21/h1-10H,(H2,16,17). The average molecular weight is 312 g/mol. The van der Waals surface area contributed by atoms with E-state index in [1.165, 1.54) is 42.6 Å². The van der Waals surface area contributed by atoms with Crippen LogP contribution in [0, 0.1) is 20.2 Å². The number of benzene rings is 2. The van der Waals surface area contributed by atoms with Crippen LogP contribution in [0.1, 0.15) is 11.1 Å². The van der Waals surface area contributed by atoms with E-state index in [9.17, 15) is 20.2 Å². The summed E-state index contributed by atoms with van der Waals surface area (Å²) in [4.78, 5) is 24.2. The van der Waals surface area contributed by atoms with Gasteiger partial charge >= 0.3 is 0 Å². The summed E-state index contributed by atoms with van der Waals surface area (Å²) in [7, 11) is 0. The third-order valence-electron chi connectivity index (χ3n) is 2.96. The zero-order valence-electron chi connectivity index (χ0n) is 11.8. The lowest BCUT2D eigenvalue weighted by molar-refractivity contribution is -0.385. The lowest BCUT2D eigenvalue weighted by atomic mass is 10.2. The van der Waals surface area contributed by atoms with Gasteiger partial charge in [-0.15, -0.1) is 0 Å². The monoisotopic (exact) mass is 312 g/mol. The van der Waals surface area contributed by atoms with Crippen LogP contribution in [0.2, 0.25) is 0 Å². The highest BCUT2D eigenvalue weighted by molar-refractivity contribution is 5.98. The zero-order valence-corrected chi connectivity index (χ0v) is 11.8. The Balaban J connectivity index is 2.08. The van der Waals surface area contributed by atoms with E-state index in [1.54, 1.807) is 18.2 Å². The number of nitrogens with two attached hydrogens (primary N) is 1. The van der Waals surface area contributed by atoms with Gasteiger partial charge in [-0.25, -0.2) is 4.99 Å². The van der Waals surface area contributed by atoms with Gasteiger partial charge < -0.3 is 5.73 Å². The van der Waals surface area contributed by atoms with Crippen LogP contribution in [0.3, 0.4) is 0 Å². The molecule has 0 saturated heterocycles. The van der Waals surface area contributed by atoms with E-state index in [4.69, 9.17) is 5.73 Å². The van der Waals surface area contributed by atoms with Crippen LogP contribution in [0.25, 0.3) is 6.08 Å². The Morgan fingerprint density at radius 2 is 1.39 bits per heavy atom. The van der Waals surface area contributed by atoms with Crippen molar-refractivity contribution in [3.8, 4) is 0 Å². The van der Waals surface area contributed by atoms with Gasteiger partial charge in [-0.05, 0) is 35.9 Å². The van der Waals surface area contributed by atoms with Gasteiger partial charge in [-0.2, -0.15) is 0 Å². The normalized spacial score (nSPS) is 11.6. The molecule has 0 aliphatic heterocycles. The van der Waals surface area contributed by atoms with E-state index < -0.39 is 9.85 Å². The van der Waals surface area contributed by atoms with E-state index >= 15 is 0 Å². The molecule has 0 fully saturated rings. The summed E-state index contributed by atoms with van der Waals surface area (Å²) >= 11 is 0. The molecule has 0 spiro atoms. The maximum atomic E-state index is 10.6. The molecule has 0 aliphatic rings. The zero-order chi connectivity index (χ0) is 16.8. The maximum absolute atomic E-state index is 10.6. The molecule has 8 nitrogen and oxygen atoms in total. The molecule has 0 amide bonds. The van der Waals surface area contributed by atoms with E-state index in [1.807, 2.05) is 0 Å². The summed E-state index contributed by atoms with van der Waals surface area (Å²) < 4.78 is 0. The Hall–Kier alpha value is -3.55. The predicted octanol–water partition coefficient (Wildman–Crippen LogP) is 2.88. The molecule has 0 radical (unpaired) electrons. The van der Waals surface area contributed by atoms with Gasteiger partial charge in [-0.3, -0.25) is 20.2 Å². The van der Waals surface area contributed by atoms with E-state index in [0.29, 0.717) is 5.56 Å². The quantitative estimate of drug-likeness (QED) is 0.393. The van der Waals surface area contributed by atoms with Crippen molar-refractivity contribution in [3.05, 3.63) is 86.1 Å². The van der Waals surface area contributed by atoms with E-state index in [2.05, 4.69) is 4.99 Å². The molecule has 8 heteroatoms. The first-order valence-electron chi connectivity index (χ1n) is 6.46. The third-order valence-corrected chi connectivity index (χ3v) is 2.96. The number of amidine groups is 1. The Labute approximate surface area is 130 Å². The first-order valence-corrected chi connectivity index (χ1v) is 6.46. The van der Waals surface area contributed by atoms with Gasteiger partial charge in [0.25, 0.3) is 11.4 Å². The minimum atomic E-state index is -0.494. The minimum absolute atomic E-state index is 0.0102. The Kier molecular flexibility index (Phi) is 4.78. The number of nitro groups is 2. The third kappa shape index (κ3) is 4.21. The Morgan fingerprint density at radius 1 is 0.913 bits per heavy atom. The number of rotatable bonds is 5. The number of hydrogen-bond donors (Lipinski definition) is 1. The van der Waals surface area contributed by atoms with Crippen molar-refractivity contribution in [1.82, 2.24) is 0 Å². The smallest absolute Gasteiger partial charge is 0.269 e. The van der Waals surface area contributed by atoms with Crippen molar-refractivity contribution in [1.29, 1.82) is 0 Å². The predicted molar refractivity (Wildman–Crippen MR) is 86.0 cm³/mol. The average Bonchev–Trinajstić information content (AvgIpc) is 2.55. The van der Waals surface area contributed by atoms with Gasteiger partial charge in [0.1, 0.15) is 5.84 Å². The fraction of sp³-hybridized carbons (Fsp3) is 0. The summed E-state index contributed by atoms with van der Waals surface area (Å²) in [6.07, 6.45) is 3.10. The number of nitrogens with zero attached hydrogens (tertiary/aromatic N) is 3. The summed E-state index contributed by atoms with van der Waals surface area (Å²) in [5, 5.41) is 21.1. The van der Waals surface area contributed by atoms with Crippen molar-refractivity contribution in [2.45, 2.75) is 0 Å². The number of aliphatic imine (C=N–C) groups is 1. The molecule has 2 N–H and O–H groups in total. The van der Waals surface area contributed by atoms with Crippen molar-refractivity contribution in [3.63, 3.8) is 0 Å². The lowest BCUT2D eigenvalue weighted by Gasteiger charge is -1.98. The van der Waals surface area contributed by atoms with E-state index in [-0.39, 0.29) is 17.2 Å². The van der Waals surface area contributed by atoms with Crippen LogP contribution in [-0.2, 0) is 0 Å². The molecular formula is C15H12N4O4. The SMILES string of the molecule is NC(=NC=Cc1ccc([N+](=O)[O-])cc1)c1ccc([N+](=O)[O-])cc1. The summed E-state index contributed by atoms with van der Waals surface area (Å²) in [6.45, 7) is 0. The molecule has 2 aromatic rings. The molecular weight excluding hydrogens is 300 g/mol. The molecule has 0 aromatic heterocycles. The summed E-state index contributed by atoms with van der Waals surface area (Å²) in [6, 6.07) is 11.7. The topological polar surface area (TPSA) is 125 Å². The second-order valence-corrected chi connectivity index (χ2v) is 4.48. The van der Waals surface area contributed by atoms with Crippen LogP contribution in [0.15, 0.2) is 59.7 Å². The van der Waals surface area contributed by atoms with Gasteiger partial charge in [0.15, 0.2) is 0 Å². The molecule has 2 rings (SSSR count). The van der Waals surface area contributed by atoms with Crippen LogP contribution >= 0.6 is 0 Å². The highest BCUT2D eigenvalue weighted by atomic mass is 16.6. The van der Waals surface area contributed by atoms with E-state index in [0.717, 1.165) is 5.56 Å². The molecule has 0 aliphatic carbocycles. The molecule has 0 atom stereocenters. The number of hydrogen-bond acceptors (Lipinski definition) is 5. The summed E-state index contributed by atoms with van der Waals surface area (Å²) in [5.74, 6) is 0.207. The van der Waals surface area contributed by atoms with Crippen molar-refractivity contribution >= 4 is 23.3 Å². The fourth-order valence-electron chi connectivity index (χ4n) is 1.74. The van der Waals surface area contributed by atoms with Gasteiger partial charge in [-0.1, -0.05) is 0 Å². The maximum Gasteiger partial charge on any atom is 0.269 e. The van der Waals surface area contributed by atoms with Crippen LogP contribution in [-0.4, -0.2) is 15.7 Å².